The van der Waals surface area contributed by atoms with E-state index in [-0.39, 0.29) is 5.82 Å². The Morgan fingerprint density at radius 1 is 1.46 bits per heavy atom. The summed E-state index contributed by atoms with van der Waals surface area (Å²) in [5.74, 6) is -0.305. The molecule has 72 valence electrons. The summed E-state index contributed by atoms with van der Waals surface area (Å²) in [5, 5.41) is 9.55. The Morgan fingerprint density at radius 3 is 2.69 bits per heavy atom. The molecule has 1 aromatic rings. The average Bonchev–Trinajstić information content (AvgIpc) is 2.04. The third-order valence-corrected chi connectivity index (χ3v) is 2.08. The highest BCUT2D eigenvalue weighted by molar-refractivity contribution is 5.25. The van der Waals surface area contributed by atoms with Crippen LogP contribution < -0.4 is 0 Å². The molecule has 0 aromatic heterocycles. The van der Waals surface area contributed by atoms with Gasteiger partial charge in [-0.1, -0.05) is 25.5 Å². The van der Waals surface area contributed by atoms with E-state index in [4.69, 9.17) is 0 Å². The zero-order chi connectivity index (χ0) is 9.84. The van der Waals surface area contributed by atoms with Crippen LogP contribution in [0.3, 0.4) is 0 Å². The molecule has 2 heteroatoms. The molecule has 0 unspecified atom stereocenters. The molecule has 1 aromatic carbocycles. The predicted molar refractivity (Wildman–Crippen MR) is 51.0 cm³/mol. The number of rotatable bonds is 3. The van der Waals surface area contributed by atoms with Crippen LogP contribution in [0.25, 0.3) is 0 Å². The number of halogens is 1. The van der Waals surface area contributed by atoms with Gasteiger partial charge in [-0.15, -0.1) is 0 Å². The zero-order valence-corrected chi connectivity index (χ0v) is 8.05. The lowest BCUT2D eigenvalue weighted by molar-refractivity contribution is 0.162. The molecule has 0 amide bonds. The fraction of sp³-hybridized carbons (Fsp3) is 0.455. The minimum absolute atomic E-state index is 0.305. The van der Waals surface area contributed by atoms with Crippen molar-refractivity contribution in [2.24, 2.45) is 0 Å². The van der Waals surface area contributed by atoms with E-state index in [2.05, 4.69) is 0 Å². The molecule has 0 fully saturated rings. The molecule has 0 aliphatic rings. The monoisotopic (exact) mass is 182 g/mol. The molecule has 0 bridgehead atoms. The summed E-state index contributed by atoms with van der Waals surface area (Å²) in [6, 6.07) is 4.93. The molecular formula is C11H15FO. The van der Waals surface area contributed by atoms with Crippen molar-refractivity contribution in [1.82, 2.24) is 0 Å². The van der Waals surface area contributed by atoms with Gasteiger partial charge in [0.15, 0.2) is 0 Å². The van der Waals surface area contributed by atoms with Gasteiger partial charge in [0.1, 0.15) is 5.82 Å². The molecule has 1 atom stereocenters. The van der Waals surface area contributed by atoms with Crippen LogP contribution in [-0.4, -0.2) is 5.11 Å². The summed E-state index contributed by atoms with van der Waals surface area (Å²) >= 11 is 0. The van der Waals surface area contributed by atoms with E-state index < -0.39 is 6.10 Å². The van der Waals surface area contributed by atoms with Crippen LogP contribution in [0.5, 0.6) is 0 Å². The topological polar surface area (TPSA) is 20.2 Å². The Bertz CT molecular complexity index is 283. The smallest absolute Gasteiger partial charge is 0.129 e. The second kappa shape index (κ2) is 4.38. The molecule has 0 saturated carbocycles. The third kappa shape index (κ3) is 2.52. The van der Waals surface area contributed by atoms with Crippen LogP contribution in [-0.2, 0) is 0 Å². The van der Waals surface area contributed by atoms with Gasteiger partial charge in [0.2, 0.25) is 0 Å². The van der Waals surface area contributed by atoms with Crippen LogP contribution in [0, 0.1) is 12.7 Å². The second-order valence-electron chi connectivity index (χ2n) is 3.33. The van der Waals surface area contributed by atoms with E-state index in [1.807, 2.05) is 19.9 Å². The molecule has 0 radical (unpaired) electrons. The summed E-state index contributed by atoms with van der Waals surface area (Å²) < 4.78 is 13.3. The summed E-state index contributed by atoms with van der Waals surface area (Å²) in [6.45, 7) is 3.80. The van der Waals surface area contributed by atoms with Gasteiger partial charge in [-0.05, 0) is 25.0 Å². The van der Waals surface area contributed by atoms with Crippen molar-refractivity contribution in [3.05, 3.63) is 35.1 Å². The molecule has 1 nitrogen and oxygen atoms in total. The van der Waals surface area contributed by atoms with E-state index >= 15 is 0 Å². The molecule has 13 heavy (non-hydrogen) atoms. The van der Waals surface area contributed by atoms with E-state index in [0.717, 1.165) is 12.0 Å². The molecule has 0 aliphatic carbocycles. The standard InChI is InChI=1S/C11H15FO/c1-3-4-11(13)9-6-5-8(2)7-10(9)12/h5-7,11,13H,3-4H2,1-2H3/t11-/m0/s1. The zero-order valence-electron chi connectivity index (χ0n) is 8.05. The lowest BCUT2D eigenvalue weighted by atomic mass is 10.0. The van der Waals surface area contributed by atoms with E-state index in [1.165, 1.54) is 6.07 Å². The second-order valence-corrected chi connectivity index (χ2v) is 3.33. The van der Waals surface area contributed by atoms with Gasteiger partial charge >= 0.3 is 0 Å². The molecule has 0 heterocycles. The van der Waals surface area contributed by atoms with Crippen molar-refractivity contribution in [3.8, 4) is 0 Å². The first-order chi connectivity index (χ1) is 6.15. The highest BCUT2D eigenvalue weighted by atomic mass is 19.1. The van der Waals surface area contributed by atoms with Gasteiger partial charge in [-0.3, -0.25) is 0 Å². The van der Waals surface area contributed by atoms with Crippen LogP contribution in [0.2, 0.25) is 0 Å². The van der Waals surface area contributed by atoms with Gasteiger partial charge in [0, 0.05) is 5.56 Å². The van der Waals surface area contributed by atoms with Crippen LogP contribution in [0.1, 0.15) is 37.0 Å². The normalized spacial score (nSPS) is 12.9. The van der Waals surface area contributed by atoms with E-state index in [1.54, 1.807) is 6.07 Å². The third-order valence-electron chi connectivity index (χ3n) is 2.08. The lowest BCUT2D eigenvalue weighted by Crippen LogP contribution is -2.00. The quantitative estimate of drug-likeness (QED) is 0.762. The number of aliphatic hydroxyl groups excluding tert-OH is 1. The molecule has 0 spiro atoms. The van der Waals surface area contributed by atoms with Crippen LogP contribution in [0.4, 0.5) is 4.39 Å². The maximum Gasteiger partial charge on any atom is 0.129 e. The number of aryl methyl sites for hydroxylation is 1. The first-order valence-electron chi connectivity index (χ1n) is 4.59. The van der Waals surface area contributed by atoms with Crippen molar-refractivity contribution in [3.63, 3.8) is 0 Å². The van der Waals surface area contributed by atoms with Gasteiger partial charge in [-0.2, -0.15) is 0 Å². The summed E-state index contributed by atoms with van der Waals surface area (Å²) in [5.41, 5.74) is 1.29. The van der Waals surface area contributed by atoms with Crippen molar-refractivity contribution in [1.29, 1.82) is 0 Å². The van der Waals surface area contributed by atoms with Gasteiger partial charge in [-0.25, -0.2) is 4.39 Å². The van der Waals surface area contributed by atoms with Crippen molar-refractivity contribution < 1.29 is 9.50 Å². The summed E-state index contributed by atoms with van der Waals surface area (Å²) in [7, 11) is 0. The maximum atomic E-state index is 13.3. The van der Waals surface area contributed by atoms with Gasteiger partial charge in [0.25, 0.3) is 0 Å². The summed E-state index contributed by atoms with van der Waals surface area (Å²) in [6.07, 6.45) is 0.805. The van der Waals surface area contributed by atoms with Gasteiger partial charge in [0.05, 0.1) is 6.10 Å². The molecule has 1 N–H and O–H groups in total. The minimum atomic E-state index is -0.661. The predicted octanol–water partition coefficient (Wildman–Crippen LogP) is 2.97. The Labute approximate surface area is 78.2 Å². The van der Waals surface area contributed by atoms with E-state index in [9.17, 15) is 9.50 Å². The maximum absolute atomic E-state index is 13.3. The fourth-order valence-corrected chi connectivity index (χ4v) is 1.33. The first kappa shape index (κ1) is 10.2. The van der Waals surface area contributed by atoms with Gasteiger partial charge < -0.3 is 5.11 Å². The van der Waals surface area contributed by atoms with Crippen LogP contribution >= 0.6 is 0 Å². The molecule has 0 aliphatic heterocycles. The highest BCUT2D eigenvalue weighted by Gasteiger charge is 2.10. The Kier molecular flexibility index (Phi) is 3.43. The number of hydrogen-bond donors (Lipinski definition) is 1. The Hall–Kier alpha value is -0.890. The Balaban J connectivity index is 2.88. The Morgan fingerprint density at radius 2 is 2.15 bits per heavy atom. The molecule has 1 rings (SSSR count). The minimum Gasteiger partial charge on any atom is -0.388 e. The largest absolute Gasteiger partial charge is 0.388 e. The lowest BCUT2D eigenvalue weighted by Gasteiger charge is -2.10. The van der Waals surface area contributed by atoms with Crippen LogP contribution in [0.15, 0.2) is 18.2 Å². The summed E-state index contributed by atoms with van der Waals surface area (Å²) in [4.78, 5) is 0. The number of hydrogen-bond acceptors (Lipinski definition) is 1. The van der Waals surface area contributed by atoms with Crippen molar-refractivity contribution in [2.75, 3.05) is 0 Å². The SMILES string of the molecule is CCC[C@H](O)c1ccc(C)cc1F. The van der Waals surface area contributed by atoms with Crippen molar-refractivity contribution in [2.45, 2.75) is 32.8 Å². The number of aliphatic hydroxyl groups is 1. The molecule has 0 saturated heterocycles. The number of benzene rings is 1. The first-order valence-corrected chi connectivity index (χ1v) is 4.59. The highest BCUT2D eigenvalue weighted by Crippen LogP contribution is 2.21. The molecular weight excluding hydrogens is 167 g/mol. The average molecular weight is 182 g/mol. The van der Waals surface area contributed by atoms with E-state index in [0.29, 0.717) is 12.0 Å². The fourth-order valence-electron chi connectivity index (χ4n) is 1.33. The van der Waals surface area contributed by atoms with Crippen molar-refractivity contribution >= 4 is 0 Å².